The largest absolute Gasteiger partial charge is 0.385 e. The average Bonchev–Trinajstić information content (AvgIpc) is 2.52. The van der Waals surface area contributed by atoms with Crippen molar-refractivity contribution in [2.75, 3.05) is 38.7 Å². The van der Waals surface area contributed by atoms with Gasteiger partial charge >= 0.3 is 0 Å². The zero-order chi connectivity index (χ0) is 16.2. The topological polar surface area (TPSA) is 79.5 Å². The van der Waals surface area contributed by atoms with Gasteiger partial charge in [0.25, 0.3) is 5.91 Å². The van der Waals surface area contributed by atoms with Gasteiger partial charge in [-0.25, -0.2) is 0 Å². The molecule has 22 heavy (non-hydrogen) atoms. The maximum Gasteiger partial charge on any atom is 0.251 e. The molecule has 0 atom stereocenters. The molecule has 2 amide bonds. The van der Waals surface area contributed by atoms with Gasteiger partial charge in [-0.05, 0) is 37.6 Å². The van der Waals surface area contributed by atoms with Crippen LogP contribution >= 0.6 is 0 Å². The van der Waals surface area contributed by atoms with Crippen LogP contribution in [0.5, 0.6) is 0 Å². The van der Waals surface area contributed by atoms with Gasteiger partial charge < -0.3 is 20.7 Å². The van der Waals surface area contributed by atoms with Crippen molar-refractivity contribution in [1.82, 2.24) is 10.6 Å². The first-order chi connectivity index (χ1) is 10.7. The maximum atomic E-state index is 11.9. The van der Waals surface area contributed by atoms with Crippen LogP contribution in [0.1, 0.15) is 30.1 Å². The number of carbonyl (C=O) groups is 2. The Labute approximate surface area is 131 Å². The van der Waals surface area contributed by atoms with Crippen LogP contribution in [0.2, 0.25) is 0 Å². The quantitative estimate of drug-likeness (QED) is 0.571. The minimum absolute atomic E-state index is 0.129. The highest BCUT2D eigenvalue weighted by Gasteiger charge is 2.07. The van der Waals surface area contributed by atoms with E-state index in [2.05, 4.69) is 16.0 Å². The second kappa shape index (κ2) is 10.8. The number of ether oxygens (including phenoxy) is 1. The molecule has 0 spiro atoms. The van der Waals surface area contributed by atoms with Gasteiger partial charge in [-0.3, -0.25) is 9.59 Å². The Morgan fingerprint density at radius 1 is 1.23 bits per heavy atom. The number of methoxy groups -OCH3 is 1. The van der Waals surface area contributed by atoms with E-state index in [1.54, 1.807) is 31.4 Å². The lowest BCUT2D eigenvalue weighted by atomic mass is 10.2. The van der Waals surface area contributed by atoms with E-state index in [9.17, 15) is 9.59 Å². The summed E-state index contributed by atoms with van der Waals surface area (Å²) in [6.07, 6.45) is 1.74. The molecule has 0 unspecified atom stereocenters. The predicted molar refractivity (Wildman–Crippen MR) is 87.1 cm³/mol. The third kappa shape index (κ3) is 7.19. The van der Waals surface area contributed by atoms with Gasteiger partial charge in [0, 0.05) is 31.5 Å². The van der Waals surface area contributed by atoms with Gasteiger partial charge in [-0.2, -0.15) is 0 Å². The molecule has 0 saturated carbocycles. The van der Waals surface area contributed by atoms with Crippen LogP contribution in [0, 0.1) is 0 Å². The molecule has 1 rings (SSSR count). The second-order valence-electron chi connectivity index (χ2n) is 4.91. The number of rotatable bonds is 10. The summed E-state index contributed by atoms with van der Waals surface area (Å²) in [7, 11) is 1.65. The summed E-state index contributed by atoms with van der Waals surface area (Å²) < 4.78 is 4.93. The second-order valence-corrected chi connectivity index (χ2v) is 4.91. The third-order valence-electron chi connectivity index (χ3n) is 2.93. The molecule has 0 aliphatic rings. The first-order valence-electron chi connectivity index (χ1n) is 7.55. The summed E-state index contributed by atoms with van der Waals surface area (Å²) in [6.45, 7) is 4.26. The molecule has 6 nitrogen and oxygen atoms in total. The van der Waals surface area contributed by atoms with Crippen molar-refractivity contribution in [2.24, 2.45) is 0 Å². The molecule has 6 heteroatoms. The van der Waals surface area contributed by atoms with E-state index in [0.29, 0.717) is 24.4 Å². The molecule has 0 aliphatic heterocycles. The zero-order valence-corrected chi connectivity index (χ0v) is 13.3. The molecular weight excluding hydrogens is 282 g/mol. The van der Waals surface area contributed by atoms with Crippen molar-refractivity contribution in [2.45, 2.75) is 19.8 Å². The summed E-state index contributed by atoms with van der Waals surface area (Å²) >= 11 is 0. The summed E-state index contributed by atoms with van der Waals surface area (Å²) in [6, 6.07) is 6.92. The van der Waals surface area contributed by atoms with Crippen LogP contribution in [-0.2, 0) is 9.53 Å². The van der Waals surface area contributed by atoms with Crippen molar-refractivity contribution in [3.8, 4) is 0 Å². The highest BCUT2D eigenvalue weighted by atomic mass is 16.5. The third-order valence-corrected chi connectivity index (χ3v) is 2.93. The van der Waals surface area contributed by atoms with Crippen LogP contribution in [0.3, 0.4) is 0 Å². The highest BCUT2D eigenvalue weighted by Crippen LogP contribution is 2.10. The van der Waals surface area contributed by atoms with Gasteiger partial charge in [-0.1, -0.05) is 13.0 Å². The lowest BCUT2D eigenvalue weighted by Gasteiger charge is -2.08. The number of carbonyl (C=O) groups excluding carboxylic acids is 2. The Morgan fingerprint density at radius 3 is 2.77 bits per heavy atom. The number of hydrogen-bond donors (Lipinski definition) is 3. The number of nitrogens with one attached hydrogen (secondary N) is 3. The molecule has 3 N–H and O–H groups in total. The monoisotopic (exact) mass is 307 g/mol. The average molecular weight is 307 g/mol. The van der Waals surface area contributed by atoms with E-state index < -0.39 is 0 Å². The van der Waals surface area contributed by atoms with Crippen LogP contribution in [0.15, 0.2) is 24.3 Å². The number of anilines is 1. The Morgan fingerprint density at radius 2 is 2.05 bits per heavy atom. The smallest absolute Gasteiger partial charge is 0.251 e. The minimum Gasteiger partial charge on any atom is -0.385 e. The van der Waals surface area contributed by atoms with Crippen molar-refractivity contribution < 1.29 is 14.3 Å². The summed E-state index contributed by atoms with van der Waals surface area (Å²) in [4.78, 5) is 23.7. The van der Waals surface area contributed by atoms with Crippen LogP contribution < -0.4 is 16.0 Å². The van der Waals surface area contributed by atoms with Crippen LogP contribution in [0.25, 0.3) is 0 Å². The van der Waals surface area contributed by atoms with Crippen molar-refractivity contribution >= 4 is 17.5 Å². The molecule has 0 bridgehead atoms. The first-order valence-corrected chi connectivity index (χ1v) is 7.55. The fourth-order valence-electron chi connectivity index (χ4n) is 1.83. The SMILES string of the molecule is CCCNC(=O)c1cccc(NC(=O)CNCCCOC)c1. The molecule has 1 aromatic rings. The standard InChI is InChI=1S/C16H25N3O3/c1-3-8-18-16(21)13-6-4-7-14(11-13)19-15(20)12-17-9-5-10-22-2/h4,6-7,11,17H,3,5,8-10,12H2,1-2H3,(H,18,21)(H,19,20). The van der Waals surface area contributed by atoms with Crippen LogP contribution in [0.4, 0.5) is 5.69 Å². The van der Waals surface area contributed by atoms with Crippen molar-refractivity contribution in [1.29, 1.82) is 0 Å². The van der Waals surface area contributed by atoms with E-state index in [1.807, 2.05) is 6.92 Å². The molecular formula is C16H25N3O3. The summed E-state index contributed by atoms with van der Waals surface area (Å²) in [5.74, 6) is -0.265. The molecule has 0 aromatic heterocycles. The zero-order valence-electron chi connectivity index (χ0n) is 13.3. The molecule has 0 radical (unpaired) electrons. The van der Waals surface area contributed by atoms with Gasteiger partial charge in [0.1, 0.15) is 0 Å². The van der Waals surface area contributed by atoms with Gasteiger partial charge in [0.05, 0.1) is 6.54 Å². The number of amides is 2. The fraction of sp³-hybridized carbons (Fsp3) is 0.500. The number of benzene rings is 1. The molecule has 1 aromatic carbocycles. The van der Waals surface area contributed by atoms with Gasteiger partial charge in [-0.15, -0.1) is 0 Å². The minimum atomic E-state index is -0.136. The Hall–Kier alpha value is -1.92. The summed E-state index contributed by atoms with van der Waals surface area (Å²) in [5.41, 5.74) is 1.16. The van der Waals surface area contributed by atoms with Gasteiger partial charge in [0.15, 0.2) is 0 Å². The predicted octanol–water partition coefficient (Wildman–Crippen LogP) is 1.39. The maximum absolute atomic E-state index is 11.9. The molecule has 0 fully saturated rings. The van der Waals surface area contributed by atoms with E-state index in [-0.39, 0.29) is 18.4 Å². The Kier molecular flexibility index (Phi) is 8.86. The molecule has 0 aliphatic carbocycles. The van der Waals surface area contributed by atoms with E-state index >= 15 is 0 Å². The number of hydrogen-bond acceptors (Lipinski definition) is 4. The first kappa shape index (κ1) is 18.1. The van der Waals surface area contributed by atoms with Crippen molar-refractivity contribution in [3.05, 3.63) is 29.8 Å². The fourth-order valence-corrected chi connectivity index (χ4v) is 1.83. The lowest BCUT2D eigenvalue weighted by Crippen LogP contribution is -2.29. The Bertz CT molecular complexity index is 477. The summed E-state index contributed by atoms with van der Waals surface area (Å²) in [5, 5.41) is 8.61. The van der Waals surface area contributed by atoms with E-state index in [1.165, 1.54) is 0 Å². The molecule has 122 valence electrons. The van der Waals surface area contributed by atoms with Crippen molar-refractivity contribution in [3.63, 3.8) is 0 Å². The lowest BCUT2D eigenvalue weighted by molar-refractivity contribution is -0.115. The van der Waals surface area contributed by atoms with E-state index in [0.717, 1.165) is 19.4 Å². The Balaban J connectivity index is 2.41. The molecule has 0 saturated heterocycles. The van der Waals surface area contributed by atoms with Crippen LogP contribution in [-0.4, -0.2) is 45.2 Å². The van der Waals surface area contributed by atoms with Gasteiger partial charge in [0.2, 0.25) is 5.91 Å². The van der Waals surface area contributed by atoms with E-state index in [4.69, 9.17) is 4.74 Å². The molecule has 0 heterocycles. The highest BCUT2D eigenvalue weighted by molar-refractivity contribution is 5.97. The normalized spacial score (nSPS) is 10.3.